The number of H-pyrrole nitrogens is 1. The highest BCUT2D eigenvalue weighted by Gasteiger charge is 2.56. The summed E-state index contributed by atoms with van der Waals surface area (Å²) in [6, 6.07) is 0.631. The van der Waals surface area contributed by atoms with Crippen molar-refractivity contribution in [2.45, 2.75) is 25.1 Å². The second-order valence-corrected chi connectivity index (χ2v) is 6.11. The Kier molecular flexibility index (Phi) is 3.50. The number of likely N-dealkylation sites (tertiary alicyclic amines) is 1. The number of halogens is 3. The smallest absolute Gasteiger partial charge is 0.357 e. The topological polar surface area (TPSA) is 65.2 Å². The van der Waals surface area contributed by atoms with Crippen molar-refractivity contribution in [3.8, 4) is 0 Å². The maximum Gasteiger partial charge on any atom is 0.417 e. The highest BCUT2D eigenvalue weighted by molar-refractivity contribution is 5.93. The first-order valence-electron chi connectivity index (χ1n) is 7.23. The van der Waals surface area contributed by atoms with Crippen LogP contribution in [0.15, 0.2) is 24.9 Å². The number of amides is 2. The summed E-state index contributed by atoms with van der Waals surface area (Å²) in [5, 5.41) is 2.81. The molecule has 0 bridgehead atoms. The zero-order chi connectivity index (χ0) is 16.8. The van der Waals surface area contributed by atoms with Gasteiger partial charge < -0.3 is 15.2 Å². The van der Waals surface area contributed by atoms with E-state index in [1.54, 1.807) is 0 Å². The van der Waals surface area contributed by atoms with Crippen LogP contribution in [0.1, 0.15) is 28.9 Å². The Balaban J connectivity index is 1.73. The van der Waals surface area contributed by atoms with Crippen LogP contribution in [-0.4, -0.2) is 40.8 Å². The van der Waals surface area contributed by atoms with Crippen molar-refractivity contribution in [3.05, 3.63) is 36.2 Å². The lowest BCUT2D eigenvalue weighted by Gasteiger charge is -2.17. The average molecular weight is 327 g/mol. The van der Waals surface area contributed by atoms with Crippen molar-refractivity contribution in [2.24, 2.45) is 5.41 Å². The minimum absolute atomic E-state index is 0.0937. The second kappa shape index (κ2) is 5.14. The van der Waals surface area contributed by atoms with Crippen LogP contribution in [0.3, 0.4) is 0 Å². The summed E-state index contributed by atoms with van der Waals surface area (Å²) < 4.78 is 37.9. The van der Waals surface area contributed by atoms with Crippen LogP contribution >= 0.6 is 0 Å². The third-order valence-corrected chi connectivity index (χ3v) is 4.57. The summed E-state index contributed by atoms with van der Waals surface area (Å²) in [5.74, 6) is -0.795. The minimum Gasteiger partial charge on any atom is -0.357 e. The van der Waals surface area contributed by atoms with E-state index in [0.717, 1.165) is 25.1 Å². The quantitative estimate of drug-likeness (QED) is 0.833. The van der Waals surface area contributed by atoms with Crippen LogP contribution in [0.25, 0.3) is 0 Å². The summed E-state index contributed by atoms with van der Waals surface area (Å²) in [7, 11) is 0. The van der Waals surface area contributed by atoms with Gasteiger partial charge in [-0.15, -0.1) is 0 Å². The van der Waals surface area contributed by atoms with Crippen molar-refractivity contribution in [1.82, 2.24) is 15.2 Å². The third-order valence-electron chi connectivity index (χ3n) is 4.57. The standard InChI is InChI=1S/C15H16F3N3O2/c1-2-12(22)20-11-7-21(8-14(11)3-4-14)13(23)10-5-9(6-19-10)15(16,17)18/h2,5-6,11,19H,1,3-4,7-8H2,(H,20,22). The SMILES string of the molecule is C=CC(=O)NC1CN(C(=O)c2cc(C(F)(F)F)c[nH]2)CC12CC2. The van der Waals surface area contributed by atoms with E-state index < -0.39 is 17.6 Å². The van der Waals surface area contributed by atoms with E-state index in [1.165, 1.54) is 11.0 Å². The Morgan fingerprint density at radius 3 is 2.65 bits per heavy atom. The first-order chi connectivity index (χ1) is 10.7. The molecule has 1 aliphatic heterocycles. The monoisotopic (exact) mass is 327 g/mol. The molecule has 1 atom stereocenters. The van der Waals surface area contributed by atoms with E-state index in [0.29, 0.717) is 13.1 Å². The average Bonchev–Trinajstić information content (AvgIpc) is 2.95. The van der Waals surface area contributed by atoms with Crippen LogP contribution < -0.4 is 5.32 Å². The Morgan fingerprint density at radius 2 is 2.13 bits per heavy atom. The van der Waals surface area contributed by atoms with Crippen molar-refractivity contribution in [1.29, 1.82) is 0 Å². The van der Waals surface area contributed by atoms with Crippen molar-refractivity contribution in [2.75, 3.05) is 13.1 Å². The van der Waals surface area contributed by atoms with Crippen LogP contribution in [0, 0.1) is 5.41 Å². The molecular formula is C15H16F3N3O2. The van der Waals surface area contributed by atoms with Gasteiger partial charge in [0, 0.05) is 24.7 Å². The third kappa shape index (κ3) is 2.85. The zero-order valence-corrected chi connectivity index (χ0v) is 12.2. The molecular weight excluding hydrogens is 311 g/mol. The van der Waals surface area contributed by atoms with Gasteiger partial charge in [-0.25, -0.2) is 0 Å². The van der Waals surface area contributed by atoms with Crippen LogP contribution in [0.5, 0.6) is 0 Å². The number of aromatic amines is 1. The van der Waals surface area contributed by atoms with Crippen LogP contribution in [-0.2, 0) is 11.0 Å². The fourth-order valence-corrected chi connectivity index (χ4v) is 3.07. The summed E-state index contributed by atoms with van der Waals surface area (Å²) in [6.45, 7) is 4.12. The molecule has 23 heavy (non-hydrogen) atoms. The van der Waals surface area contributed by atoms with Gasteiger partial charge in [0.25, 0.3) is 5.91 Å². The van der Waals surface area contributed by atoms with Gasteiger partial charge in [0.2, 0.25) is 5.91 Å². The lowest BCUT2D eigenvalue weighted by Crippen LogP contribution is -2.41. The molecule has 1 aromatic rings. The summed E-state index contributed by atoms with van der Waals surface area (Å²) >= 11 is 0. The first-order valence-corrected chi connectivity index (χ1v) is 7.23. The normalized spacial score (nSPS) is 22.2. The molecule has 1 unspecified atom stereocenters. The van der Waals surface area contributed by atoms with Gasteiger partial charge in [0.1, 0.15) is 5.69 Å². The van der Waals surface area contributed by atoms with Gasteiger partial charge in [-0.05, 0) is 25.0 Å². The van der Waals surface area contributed by atoms with E-state index >= 15 is 0 Å². The number of carbonyl (C=O) groups excluding carboxylic acids is 2. The summed E-state index contributed by atoms with van der Waals surface area (Å²) in [5.41, 5.74) is -1.12. The number of alkyl halides is 3. The molecule has 0 aromatic carbocycles. The first kappa shape index (κ1) is 15.6. The molecule has 1 spiro atoms. The molecule has 2 aliphatic rings. The van der Waals surface area contributed by atoms with Crippen LogP contribution in [0.4, 0.5) is 13.2 Å². The minimum atomic E-state index is -4.49. The second-order valence-electron chi connectivity index (χ2n) is 6.11. The molecule has 1 aliphatic carbocycles. The highest BCUT2D eigenvalue weighted by Crippen LogP contribution is 2.53. The number of nitrogens with zero attached hydrogens (tertiary/aromatic N) is 1. The molecule has 1 saturated heterocycles. The molecule has 1 aromatic heterocycles. The van der Waals surface area contributed by atoms with E-state index in [9.17, 15) is 22.8 Å². The fraction of sp³-hybridized carbons (Fsp3) is 0.467. The van der Waals surface area contributed by atoms with Gasteiger partial charge in [-0.2, -0.15) is 13.2 Å². The van der Waals surface area contributed by atoms with E-state index in [2.05, 4.69) is 16.9 Å². The number of nitrogens with one attached hydrogen (secondary N) is 2. The largest absolute Gasteiger partial charge is 0.417 e. The number of hydrogen-bond donors (Lipinski definition) is 2. The molecule has 3 rings (SSSR count). The van der Waals surface area contributed by atoms with Gasteiger partial charge in [-0.1, -0.05) is 6.58 Å². The molecule has 124 valence electrons. The molecule has 2 fully saturated rings. The van der Waals surface area contributed by atoms with E-state index in [1.807, 2.05) is 0 Å². The Bertz CT molecular complexity index is 661. The Morgan fingerprint density at radius 1 is 1.43 bits per heavy atom. The Labute approximate surface area is 130 Å². The molecule has 2 heterocycles. The molecule has 5 nitrogen and oxygen atoms in total. The highest BCUT2D eigenvalue weighted by atomic mass is 19.4. The zero-order valence-electron chi connectivity index (χ0n) is 12.2. The molecule has 2 N–H and O–H groups in total. The molecule has 8 heteroatoms. The number of rotatable bonds is 3. The fourth-order valence-electron chi connectivity index (χ4n) is 3.07. The molecule has 1 saturated carbocycles. The predicted molar refractivity (Wildman–Crippen MR) is 75.5 cm³/mol. The maximum atomic E-state index is 12.6. The number of aromatic nitrogens is 1. The number of hydrogen-bond acceptors (Lipinski definition) is 2. The van der Waals surface area contributed by atoms with E-state index in [-0.39, 0.29) is 23.1 Å². The van der Waals surface area contributed by atoms with Gasteiger partial charge in [0.05, 0.1) is 11.6 Å². The lowest BCUT2D eigenvalue weighted by atomic mass is 10.0. The summed E-state index contributed by atoms with van der Waals surface area (Å²) in [4.78, 5) is 27.8. The van der Waals surface area contributed by atoms with Gasteiger partial charge in [-0.3, -0.25) is 9.59 Å². The van der Waals surface area contributed by atoms with Crippen molar-refractivity contribution >= 4 is 11.8 Å². The predicted octanol–water partition coefficient (Wildman–Crippen LogP) is 1.94. The number of carbonyl (C=O) groups is 2. The maximum absolute atomic E-state index is 12.6. The summed E-state index contributed by atoms with van der Waals surface area (Å²) in [6.07, 6.45) is -0.763. The van der Waals surface area contributed by atoms with Crippen molar-refractivity contribution in [3.63, 3.8) is 0 Å². The Hall–Kier alpha value is -2.25. The van der Waals surface area contributed by atoms with Crippen molar-refractivity contribution < 1.29 is 22.8 Å². The molecule has 2 amide bonds. The van der Waals surface area contributed by atoms with Gasteiger partial charge >= 0.3 is 6.18 Å². The van der Waals surface area contributed by atoms with Crippen LogP contribution in [0.2, 0.25) is 0 Å². The van der Waals surface area contributed by atoms with E-state index in [4.69, 9.17) is 0 Å². The lowest BCUT2D eigenvalue weighted by molar-refractivity contribution is -0.137. The molecule has 0 radical (unpaired) electrons. The van der Waals surface area contributed by atoms with Gasteiger partial charge in [0.15, 0.2) is 0 Å².